The fourth-order valence-electron chi connectivity index (χ4n) is 6.87. The van der Waals surface area contributed by atoms with Gasteiger partial charge in [0.2, 0.25) is 11.8 Å². The van der Waals surface area contributed by atoms with Crippen LogP contribution in [0.3, 0.4) is 0 Å². The van der Waals surface area contributed by atoms with E-state index in [1.807, 2.05) is 115 Å². The SMILES string of the molecule is COc1ccc(/C=C2\c3n[nH]c(-c4ccc(OC)cc4)c3C(c3ccccc3)C3(C(=O)NC(=O)NC3=O)C2c2ccccc2)cc1. The van der Waals surface area contributed by atoms with E-state index in [2.05, 4.69) is 15.7 Å². The second-order valence-electron chi connectivity index (χ2n) is 11.3. The van der Waals surface area contributed by atoms with Gasteiger partial charge < -0.3 is 9.47 Å². The minimum Gasteiger partial charge on any atom is -0.497 e. The van der Waals surface area contributed by atoms with Crippen molar-refractivity contribution in [3.05, 3.63) is 137 Å². The monoisotopic (exact) mass is 610 g/mol. The van der Waals surface area contributed by atoms with Crippen LogP contribution in [0.15, 0.2) is 109 Å². The first-order valence-electron chi connectivity index (χ1n) is 14.8. The zero-order valence-corrected chi connectivity index (χ0v) is 25.1. The Kier molecular flexibility index (Phi) is 7.21. The van der Waals surface area contributed by atoms with Gasteiger partial charge >= 0.3 is 6.03 Å². The summed E-state index contributed by atoms with van der Waals surface area (Å²) in [6, 6.07) is 33.0. The number of carbonyl (C=O) groups excluding carboxylic acids is 3. The van der Waals surface area contributed by atoms with E-state index in [9.17, 15) is 14.4 Å². The molecule has 1 fully saturated rings. The summed E-state index contributed by atoms with van der Waals surface area (Å²) in [4.78, 5) is 41.9. The van der Waals surface area contributed by atoms with Crippen LogP contribution in [0.5, 0.6) is 11.5 Å². The first-order chi connectivity index (χ1) is 22.4. The summed E-state index contributed by atoms with van der Waals surface area (Å²) in [5, 5.41) is 13.1. The molecule has 0 radical (unpaired) electrons. The van der Waals surface area contributed by atoms with Crippen LogP contribution in [0, 0.1) is 5.41 Å². The number of H-pyrrole nitrogens is 1. The lowest BCUT2D eigenvalue weighted by Gasteiger charge is -2.49. The number of hydrogen-bond acceptors (Lipinski definition) is 6. The molecule has 3 N–H and O–H groups in total. The Hall–Kier alpha value is -5.96. The van der Waals surface area contributed by atoms with Crippen molar-refractivity contribution in [2.45, 2.75) is 11.8 Å². The topological polar surface area (TPSA) is 122 Å². The maximum absolute atomic E-state index is 14.6. The maximum atomic E-state index is 14.6. The second-order valence-corrected chi connectivity index (χ2v) is 11.3. The standard InChI is InChI=1S/C37H30N4O5/c1-45-26-17-13-22(14-18-26)21-28-30(23-9-5-3-6-10-23)37(34(42)38-36(44)39-35(37)43)31(24-11-7-4-8-12-24)29-32(40-41-33(28)29)25-15-19-27(46-2)20-16-25/h3-21,30-31H,1-2H3,(H,40,41)(H2,38,39,42,43,44)/b28-21-. The number of ether oxygens (including phenoxy) is 2. The molecule has 1 spiro atoms. The van der Waals surface area contributed by atoms with Gasteiger partial charge in [-0.25, -0.2) is 4.79 Å². The summed E-state index contributed by atoms with van der Waals surface area (Å²) < 4.78 is 10.8. The van der Waals surface area contributed by atoms with Gasteiger partial charge in [0.25, 0.3) is 0 Å². The quantitative estimate of drug-likeness (QED) is 0.205. The highest BCUT2D eigenvalue weighted by Crippen LogP contribution is 2.62. The zero-order chi connectivity index (χ0) is 31.8. The van der Waals surface area contributed by atoms with Crippen molar-refractivity contribution in [1.82, 2.24) is 20.8 Å². The number of carbonyl (C=O) groups is 3. The Morgan fingerprint density at radius 1 is 0.674 bits per heavy atom. The fraction of sp³-hybridized carbons (Fsp3) is 0.135. The molecule has 46 heavy (non-hydrogen) atoms. The number of nitrogens with zero attached hydrogens (tertiary/aromatic N) is 1. The van der Waals surface area contributed by atoms with Gasteiger partial charge in [0.15, 0.2) is 5.41 Å². The van der Waals surface area contributed by atoms with Crippen LogP contribution in [-0.2, 0) is 9.59 Å². The van der Waals surface area contributed by atoms with Gasteiger partial charge in [0.05, 0.1) is 25.6 Å². The van der Waals surface area contributed by atoms with Crippen molar-refractivity contribution >= 4 is 29.5 Å². The summed E-state index contributed by atoms with van der Waals surface area (Å²) in [6.07, 6.45) is 1.95. The molecule has 1 aromatic heterocycles. The lowest BCUT2D eigenvalue weighted by Crippen LogP contribution is -2.67. The number of urea groups is 1. The number of aromatic amines is 1. The highest BCUT2D eigenvalue weighted by molar-refractivity contribution is 6.23. The summed E-state index contributed by atoms with van der Waals surface area (Å²) in [5.41, 5.74) is 3.82. The molecule has 1 aliphatic heterocycles. The van der Waals surface area contributed by atoms with E-state index in [1.165, 1.54) is 0 Å². The summed E-state index contributed by atoms with van der Waals surface area (Å²) >= 11 is 0. The average molecular weight is 611 g/mol. The number of fused-ring (bicyclic) bond motifs is 1. The molecular weight excluding hydrogens is 580 g/mol. The van der Waals surface area contributed by atoms with Gasteiger partial charge in [0.1, 0.15) is 11.5 Å². The molecule has 1 saturated heterocycles. The van der Waals surface area contributed by atoms with E-state index in [1.54, 1.807) is 14.2 Å². The first kappa shape index (κ1) is 28.8. The molecule has 2 heterocycles. The minimum atomic E-state index is -1.83. The molecule has 2 aliphatic rings. The molecule has 9 nitrogen and oxygen atoms in total. The molecule has 9 heteroatoms. The number of aromatic nitrogens is 2. The number of allylic oxidation sites excluding steroid dienone is 1. The van der Waals surface area contributed by atoms with Crippen LogP contribution in [0.25, 0.3) is 22.9 Å². The lowest BCUT2D eigenvalue weighted by atomic mass is 9.52. The highest BCUT2D eigenvalue weighted by Gasteiger charge is 2.66. The molecule has 4 amide bonds. The molecule has 2 unspecified atom stereocenters. The Morgan fingerprint density at radius 3 is 1.74 bits per heavy atom. The van der Waals surface area contributed by atoms with Crippen molar-refractivity contribution in [2.75, 3.05) is 14.2 Å². The molecule has 2 atom stereocenters. The van der Waals surface area contributed by atoms with E-state index in [0.717, 1.165) is 22.3 Å². The minimum absolute atomic E-state index is 0.618. The highest BCUT2D eigenvalue weighted by atomic mass is 16.5. The smallest absolute Gasteiger partial charge is 0.328 e. The van der Waals surface area contributed by atoms with Crippen LogP contribution in [0.1, 0.15) is 39.8 Å². The number of rotatable bonds is 6. The van der Waals surface area contributed by atoms with Crippen molar-refractivity contribution in [3.63, 3.8) is 0 Å². The third-order valence-electron chi connectivity index (χ3n) is 8.88. The summed E-state index contributed by atoms with van der Waals surface area (Å²) in [6.45, 7) is 0. The third-order valence-corrected chi connectivity index (χ3v) is 8.88. The Morgan fingerprint density at radius 2 is 1.20 bits per heavy atom. The van der Waals surface area contributed by atoms with E-state index in [0.29, 0.717) is 34.0 Å². The lowest BCUT2D eigenvalue weighted by molar-refractivity contribution is -0.146. The van der Waals surface area contributed by atoms with Crippen molar-refractivity contribution in [2.24, 2.45) is 5.41 Å². The zero-order valence-electron chi connectivity index (χ0n) is 25.1. The van der Waals surface area contributed by atoms with Crippen LogP contribution in [-0.4, -0.2) is 42.3 Å². The summed E-state index contributed by atoms with van der Waals surface area (Å²) in [7, 11) is 3.20. The number of barbiturate groups is 1. The van der Waals surface area contributed by atoms with Crippen LogP contribution < -0.4 is 20.1 Å². The Balaban J connectivity index is 1.61. The van der Waals surface area contributed by atoms with Crippen LogP contribution in [0.2, 0.25) is 0 Å². The van der Waals surface area contributed by atoms with Gasteiger partial charge in [0, 0.05) is 23.0 Å². The summed E-state index contributed by atoms with van der Waals surface area (Å²) in [5.74, 6) is -1.67. The number of hydrogen-bond donors (Lipinski definition) is 3. The van der Waals surface area contributed by atoms with Crippen molar-refractivity contribution in [1.29, 1.82) is 0 Å². The number of benzene rings is 4. The van der Waals surface area contributed by atoms with Gasteiger partial charge in [-0.15, -0.1) is 0 Å². The van der Waals surface area contributed by atoms with Gasteiger partial charge in [-0.2, -0.15) is 5.10 Å². The molecule has 0 bridgehead atoms. The van der Waals surface area contributed by atoms with Crippen molar-refractivity contribution < 1.29 is 23.9 Å². The molecule has 0 saturated carbocycles. The predicted octanol–water partition coefficient (Wildman–Crippen LogP) is 5.92. The van der Waals surface area contributed by atoms with E-state index in [-0.39, 0.29) is 0 Å². The molecule has 1 aliphatic carbocycles. The third kappa shape index (κ3) is 4.56. The second kappa shape index (κ2) is 11.5. The predicted molar refractivity (Wildman–Crippen MR) is 173 cm³/mol. The average Bonchev–Trinajstić information content (AvgIpc) is 3.53. The first-order valence-corrected chi connectivity index (χ1v) is 14.8. The fourth-order valence-corrected chi connectivity index (χ4v) is 6.87. The normalized spacial score (nSPS) is 19.3. The van der Waals surface area contributed by atoms with E-state index in [4.69, 9.17) is 14.6 Å². The van der Waals surface area contributed by atoms with Gasteiger partial charge in [-0.1, -0.05) is 72.8 Å². The molecule has 228 valence electrons. The van der Waals surface area contributed by atoms with E-state index >= 15 is 0 Å². The molecule has 7 rings (SSSR count). The number of methoxy groups -OCH3 is 2. The maximum Gasteiger partial charge on any atom is 0.328 e. The van der Waals surface area contributed by atoms with E-state index < -0.39 is 35.1 Å². The largest absolute Gasteiger partial charge is 0.497 e. The molecular formula is C37H30N4O5. The van der Waals surface area contributed by atoms with Gasteiger partial charge in [-0.05, 0) is 64.7 Å². The van der Waals surface area contributed by atoms with Crippen LogP contribution in [0.4, 0.5) is 4.79 Å². The number of nitrogens with one attached hydrogen (secondary N) is 3. The Labute approximate surface area is 265 Å². The van der Waals surface area contributed by atoms with Crippen molar-refractivity contribution in [3.8, 4) is 22.8 Å². The Bertz CT molecular complexity index is 1950. The van der Waals surface area contributed by atoms with Gasteiger partial charge in [-0.3, -0.25) is 25.3 Å². The molecule has 5 aromatic rings. The van der Waals surface area contributed by atoms with Crippen LogP contribution >= 0.6 is 0 Å². The number of amides is 4. The number of imide groups is 2. The molecule has 4 aromatic carbocycles.